The van der Waals surface area contributed by atoms with Crippen molar-refractivity contribution in [2.45, 2.75) is 46.6 Å². The van der Waals surface area contributed by atoms with E-state index >= 15 is 0 Å². The zero-order valence-electron chi connectivity index (χ0n) is 18.0. The smallest absolute Gasteiger partial charge is 0.306 e. The van der Waals surface area contributed by atoms with Gasteiger partial charge in [0.05, 0.1) is 17.3 Å². The van der Waals surface area contributed by atoms with Gasteiger partial charge in [-0.15, -0.1) is 0 Å². The van der Waals surface area contributed by atoms with Crippen LogP contribution in [0.4, 0.5) is 0 Å². The molecule has 3 rings (SSSR count). The number of para-hydroxylation sites is 1. The van der Waals surface area contributed by atoms with Crippen LogP contribution >= 0.6 is 0 Å². The third-order valence-corrected chi connectivity index (χ3v) is 5.41. The molecule has 0 saturated carbocycles. The second-order valence-electron chi connectivity index (χ2n) is 7.66. The Morgan fingerprint density at radius 1 is 1.07 bits per heavy atom. The number of benzene rings is 2. The minimum atomic E-state index is -0.883. The van der Waals surface area contributed by atoms with Crippen LogP contribution in [0.15, 0.2) is 41.2 Å². The number of aromatic nitrogens is 2. The van der Waals surface area contributed by atoms with Gasteiger partial charge in [-0.25, -0.2) is 4.98 Å². The normalized spacial score (nSPS) is 12.0. The number of ether oxygens (including phenoxy) is 1. The number of hydrogen-bond acceptors (Lipinski definition) is 5. The summed E-state index contributed by atoms with van der Waals surface area (Å²) in [6, 6.07) is 10.9. The minimum Gasteiger partial charge on any atom is -0.454 e. The number of carbonyl (C=O) groups is 2. The summed E-state index contributed by atoms with van der Waals surface area (Å²) in [5, 5.41) is 0.536. The highest BCUT2D eigenvalue weighted by molar-refractivity contribution is 6.01. The summed E-state index contributed by atoms with van der Waals surface area (Å²) in [5.41, 5.74) is 4.00. The van der Waals surface area contributed by atoms with Crippen LogP contribution in [-0.2, 0) is 23.0 Å². The van der Waals surface area contributed by atoms with Gasteiger partial charge in [-0.3, -0.25) is 19.0 Å². The molecule has 6 heteroatoms. The van der Waals surface area contributed by atoms with E-state index in [9.17, 15) is 14.4 Å². The number of hydrogen-bond donors (Lipinski definition) is 0. The maximum atomic E-state index is 12.7. The Labute approximate surface area is 175 Å². The molecule has 0 aliphatic carbocycles. The summed E-state index contributed by atoms with van der Waals surface area (Å²) in [4.78, 5) is 42.0. The van der Waals surface area contributed by atoms with Crippen LogP contribution in [0.25, 0.3) is 10.9 Å². The third-order valence-electron chi connectivity index (χ3n) is 5.41. The topological polar surface area (TPSA) is 78.3 Å². The molecule has 0 fully saturated rings. The minimum absolute atomic E-state index is 0.0299. The van der Waals surface area contributed by atoms with E-state index in [1.54, 1.807) is 32.2 Å². The molecule has 1 aromatic heterocycles. The SMILES string of the molecule is Cc1cc(C)c(C(=O)C(C)OC(=O)CCc2nc3ccccc3c(=O)n2C)cc1C. The summed E-state index contributed by atoms with van der Waals surface area (Å²) < 4.78 is 6.81. The molecule has 0 saturated heterocycles. The average Bonchev–Trinajstić information content (AvgIpc) is 2.71. The third kappa shape index (κ3) is 4.32. The van der Waals surface area contributed by atoms with Gasteiger partial charge in [0.2, 0.25) is 5.78 Å². The molecule has 1 unspecified atom stereocenters. The van der Waals surface area contributed by atoms with Crippen molar-refractivity contribution in [2.75, 3.05) is 0 Å². The van der Waals surface area contributed by atoms with E-state index in [4.69, 9.17) is 4.74 Å². The summed E-state index contributed by atoms with van der Waals surface area (Å²) in [6.45, 7) is 7.40. The van der Waals surface area contributed by atoms with Gasteiger partial charge in [-0.2, -0.15) is 0 Å². The highest BCUT2D eigenvalue weighted by Gasteiger charge is 2.22. The van der Waals surface area contributed by atoms with E-state index in [1.165, 1.54) is 4.57 Å². The molecule has 0 radical (unpaired) electrons. The monoisotopic (exact) mass is 406 g/mol. The lowest BCUT2D eigenvalue weighted by Gasteiger charge is -2.15. The Bertz CT molecular complexity index is 1190. The van der Waals surface area contributed by atoms with E-state index in [1.807, 2.05) is 39.0 Å². The molecule has 2 aromatic carbocycles. The number of fused-ring (bicyclic) bond motifs is 1. The van der Waals surface area contributed by atoms with Crippen molar-refractivity contribution in [1.82, 2.24) is 9.55 Å². The molecule has 0 aliphatic rings. The summed E-state index contributed by atoms with van der Waals surface area (Å²) in [7, 11) is 1.64. The Hall–Kier alpha value is -3.28. The van der Waals surface area contributed by atoms with E-state index < -0.39 is 12.1 Å². The molecule has 30 heavy (non-hydrogen) atoms. The molecule has 156 valence electrons. The summed E-state index contributed by atoms with van der Waals surface area (Å²) >= 11 is 0. The number of aryl methyl sites for hydroxylation is 4. The molecule has 0 aliphatic heterocycles. The first-order valence-corrected chi connectivity index (χ1v) is 9.95. The summed E-state index contributed by atoms with van der Waals surface area (Å²) in [5.74, 6) is -0.223. The van der Waals surface area contributed by atoms with Crippen LogP contribution < -0.4 is 5.56 Å². The van der Waals surface area contributed by atoms with Gasteiger partial charge in [0.1, 0.15) is 5.82 Å². The number of carbonyl (C=O) groups excluding carboxylic acids is 2. The van der Waals surface area contributed by atoms with Gasteiger partial charge in [-0.05, 0) is 62.6 Å². The van der Waals surface area contributed by atoms with Crippen molar-refractivity contribution in [3.63, 3.8) is 0 Å². The fourth-order valence-corrected chi connectivity index (χ4v) is 3.46. The number of ketones is 1. The Balaban J connectivity index is 1.68. The fraction of sp³-hybridized carbons (Fsp3) is 0.333. The van der Waals surface area contributed by atoms with Gasteiger partial charge in [0.25, 0.3) is 5.56 Å². The van der Waals surface area contributed by atoms with Crippen LogP contribution in [-0.4, -0.2) is 27.4 Å². The van der Waals surface area contributed by atoms with Crippen LogP contribution in [0, 0.1) is 20.8 Å². The first-order valence-electron chi connectivity index (χ1n) is 9.95. The lowest BCUT2D eigenvalue weighted by atomic mass is 9.96. The van der Waals surface area contributed by atoms with E-state index in [-0.39, 0.29) is 24.2 Å². The molecule has 0 N–H and O–H groups in total. The Morgan fingerprint density at radius 2 is 1.73 bits per heavy atom. The standard InChI is InChI=1S/C24H26N2O4/c1-14-12-16(3)19(13-15(14)2)23(28)17(4)30-22(27)11-10-21-25-20-9-7-6-8-18(20)24(29)26(21)5/h6-9,12-13,17H,10-11H2,1-5H3. The zero-order chi connectivity index (χ0) is 22.0. The molecule has 0 amide bonds. The Kier molecular flexibility index (Phi) is 6.15. The van der Waals surface area contributed by atoms with Gasteiger partial charge < -0.3 is 4.74 Å². The predicted octanol–water partition coefficient (Wildman–Crippen LogP) is 3.61. The van der Waals surface area contributed by atoms with Crippen LogP contribution in [0.5, 0.6) is 0 Å². The zero-order valence-corrected chi connectivity index (χ0v) is 18.0. The summed E-state index contributed by atoms with van der Waals surface area (Å²) in [6.07, 6.45) is -0.604. The first-order chi connectivity index (χ1) is 14.2. The molecule has 6 nitrogen and oxygen atoms in total. The van der Waals surface area contributed by atoms with Crippen molar-refractivity contribution >= 4 is 22.7 Å². The van der Waals surface area contributed by atoms with E-state index in [2.05, 4.69) is 4.98 Å². The molecular weight excluding hydrogens is 380 g/mol. The number of Topliss-reactive ketones (excluding diaryl/α,β-unsaturated/α-hetero) is 1. The van der Waals surface area contributed by atoms with Crippen molar-refractivity contribution in [3.05, 3.63) is 74.8 Å². The number of esters is 1. The maximum Gasteiger partial charge on any atom is 0.306 e. The van der Waals surface area contributed by atoms with Gasteiger partial charge in [0.15, 0.2) is 6.10 Å². The number of nitrogens with zero attached hydrogens (tertiary/aromatic N) is 2. The van der Waals surface area contributed by atoms with Crippen molar-refractivity contribution in [1.29, 1.82) is 0 Å². The van der Waals surface area contributed by atoms with Gasteiger partial charge in [-0.1, -0.05) is 18.2 Å². The molecular formula is C24H26N2O4. The highest BCUT2D eigenvalue weighted by atomic mass is 16.5. The van der Waals surface area contributed by atoms with Crippen molar-refractivity contribution in [3.8, 4) is 0 Å². The number of rotatable bonds is 6. The van der Waals surface area contributed by atoms with Crippen molar-refractivity contribution < 1.29 is 14.3 Å². The van der Waals surface area contributed by atoms with Crippen LogP contribution in [0.3, 0.4) is 0 Å². The van der Waals surface area contributed by atoms with Crippen LogP contribution in [0.1, 0.15) is 46.2 Å². The Morgan fingerprint density at radius 3 is 2.47 bits per heavy atom. The fourth-order valence-electron chi connectivity index (χ4n) is 3.46. The second-order valence-corrected chi connectivity index (χ2v) is 7.66. The molecule has 1 heterocycles. The van der Waals surface area contributed by atoms with E-state index in [0.29, 0.717) is 22.3 Å². The predicted molar refractivity (Wildman–Crippen MR) is 116 cm³/mol. The molecule has 0 spiro atoms. The molecule has 3 aromatic rings. The van der Waals surface area contributed by atoms with E-state index in [0.717, 1.165) is 16.7 Å². The van der Waals surface area contributed by atoms with Crippen LogP contribution in [0.2, 0.25) is 0 Å². The first kappa shape index (κ1) is 21.4. The van der Waals surface area contributed by atoms with Gasteiger partial charge >= 0.3 is 5.97 Å². The van der Waals surface area contributed by atoms with Gasteiger partial charge in [0, 0.05) is 19.0 Å². The second kappa shape index (κ2) is 8.61. The average molecular weight is 406 g/mol. The lowest BCUT2D eigenvalue weighted by molar-refractivity contribution is -0.146. The molecule has 1 atom stereocenters. The molecule has 0 bridgehead atoms. The largest absolute Gasteiger partial charge is 0.454 e. The maximum absolute atomic E-state index is 12.7. The van der Waals surface area contributed by atoms with Crippen molar-refractivity contribution in [2.24, 2.45) is 7.05 Å². The lowest BCUT2D eigenvalue weighted by Crippen LogP contribution is -2.26. The quantitative estimate of drug-likeness (QED) is 0.462. The highest BCUT2D eigenvalue weighted by Crippen LogP contribution is 2.18.